The Morgan fingerprint density at radius 1 is 1.04 bits per heavy atom. The highest BCUT2D eigenvalue weighted by atomic mass is 35.5. The zero-order valence-corrected chi connectivity index (χ0v) is 15.0. The Morgan fingerprint density at radius 3 is 2.50 bits per heavy atom. The van der Waals surface area contributed by atoms with Gasteiger partial charge in [0.1, 0.15) is 18.5 Å². The van der Waals surface area contributed by atoms with Gasteiger partial charge in [0.2, 0.25) is 0 Å². The standard InChI is InChI=1S/C20H26ClNO2/c1-22(14-8-7-11-17-9-3-2-4-10-17)15-18(23)16-24-20-13-6-5-12-19(20)21/h2-6,9-10,12-13,18,23H,7-8,11,14-16H2,1H3. The fourth-order valence-electron chi connectivity index (χ4n) is 2.61. The first-order valence-electron chi connectivity index (χ1n) is 8.43. The van der Waals surface area contributed by atoms with E-state index < -0.39 is 6.10 Å². The smallest absolute Gasteiger partial charge is 0.138 e. The van der Waals surface area contributed by atoms with Crippen LogP contribution in [0.4, 0.5) is 0 Å². The van der Waals surface area contributed by atoms with Crippen LogP contribution in [0, 0.1) is 0 Å². The Bertz CT molecular complexity index is 591. The van der Waals surface area contributed by atoms with Gasteiger partial charge in [-0.3, -0.25) is 0 Å². The summed E-state index contributed by atoms with van der Waals surface area (Å²) in [6, 6.07) is 17.8. The number of para-hydroxylation sites is 1. The molecule has 2 aromatic rings. The second-order valence-electron chi connectivity index (χ2n) is 6.10. The minimum Gasteiger partial charge on any atom is -0.489 e. The summed E-state index contributed by atoms with van der Waals surface area (Å²) in [4.78, 5) is 2.14. The van der Waals surface area contributed by atoms with Gasteiger partial charge in [-0.1, -0.05) is 54.1 Å². The zero-order chi connectivity index (χ0) is 17.2. The molecule has 1 atom stereocenters. The van der Waals surface area contributed by atoms with Crippen LogP contribution in [-0.2, 0) is 6.42 Å². The van der Waals surface area contributed by atoms with E-state index in [1.807, 2.05) is 31.3 Å². The Morgan fingerprint density at radius 2 is 1.75 bits per heavy atom. The van der Waals surface area contributed by atoms with Crippen molar-refractivity contribution in [1.82, 2.24) is 4.90 Å². The molecule has 0 aromatic heterocycles. The Balaban J connectivity index is 1.59. The molecule has 0 saturated heterocycles. The number of ether oxygens (including phenoxy) is 1. The Labute approximate surface area is 149 Å². The molecule has 1 N–H and O–H groups in total. The maximum absolute atomic E-state index is 10.1. The molecule has 0 bridgehead atoms. The normalized spacial score (nSPS) is 12.3. The first kappa shape index (κ1) is 18.8. The second kappa shape index (κ2) is 10.3. The molecule has 0 aliphatic carbocycles. The number of rotatable bonds is 10. The number of hydrogen-bond donors (Lipinski definition) is 1. The molecule has 130 valence electrons. The monoisotopic (exact) mass is 347 g/mol. The third-order valence-electron chi connectivity index (χ3n) is 3.89. The quantitative estimate of drug-likeness (QED) is 0.658. The average Bonchev–Trinajstić information content (AvgIpc) is 2.59. The van der Waals surface area contributed by atoms with Crippen LogP contribution in [-0.4, -0.2) is 42.9 Å². The van der Waals surface area contributed by atoms with Crippen LogP contribution in [0.1, 0.15) is 18.4 Å². The van der Waals surface area contributed by atoms with E-state index in [9.17, 15) is 5.11 Å². The van der Waals surface area contributed by atoms with Gasteiger partial charge in [-0.2, -0.15) is 0 Å². The summed E-state index contributed by atoms with van der Waals surface area (Å²) >= 11 is 6.03. The summed E-state index contributed by atoms with van der Waals surface area (Å²) in [6.07, 6.45) is 2.84. The lowest BCUT2D eigenvalue weighted by Crippen LogP contribution is -2.33. The number of nitrogens with zero attached hydrogens (tertiary/aromatic N) is 1. The topological polar surface area (TPSA) is 32.7 Å². The van der Waals surface area contributed by atoms with Crippen molar-refractivity contribution in [2.45, 2.75) is 25.4 Å². The van der Waals surface area contributed by atoms with Crippen molar-refractivity contribution in [2.75, 3.05) is 26.7 Å². The number of hydrogen-bond acceptors (Lipinski definition) is 3. The van der Waals surface area contributed by atoms with Crippen LogP contribution in [0.3, 0.4) is 0 Å². The van der Waals surface area contributed by atoms with Crippen LogP contribution >= 0.6 is 11.6 Å². The van der Waals surface area contributed by atoms with Gasteiger partial charge in [0.05, 0.1) is 5.02 Å². The van der Waals surface area contributed by atoms with Gasteiger partial charge in [0.25, 0.3) is 0 Å². The van der Waals surface area contributed by atoms with Crippen molar-refractivity contribution >= 4 is 11.6 Å². The Hall–Kier alpha value is -1.55. The minimum absolute atomic E-state index is 0.248. The van der Waals surface area contributed by atoms with Gasteiger partial charge in [0, 0.05) is 6.54 Å². The maximum Gasteiger partial charge on any atom is 0.138 e. The van der Waals surface area contributed by atoms with E-state index in [4.69, 9.17) is 16.3 Å². The van der Waals surface area contributed by atoms with Crippen molar-refractivity contribution in [3.05, 3.63) is 65.2 Å². The summed E-state index contributed by atoms with van der Waals surface area (Å²) in [7, 11) is 2.03. The number of benzene rings is 2. The molecule has 2 aromatic carbocycles. The van der Waals surface area contributed by atoms with E-state index in [-0.39, 0.29) is 6.61 Å². The summed E-state index contributed by atoms with van der Waals surface area (Å²) in [6.45, 7) is 1.81. The molecule has 0 fully saturated rings. The molecular formula is C20H26ClNO2. The third kappa shape index (κ3) is 6.91. The molecule has 0 aliphatic rings. The number of unbranched alkanes of at least 4 members (excludes halogenated alkanes) is 1. The van der Waals surface area contributed by atoms with Crippen molar-refractivity contribution in [2.24, 2.45) is 0 Å². The summed E-state index contributed by atoms with van der Waals surface area (Å²) in [5.41, 5.74) is 1.38. The number of likely N-dealkylation sites (N-methyl/N-ethyl adjacent to an activating group) is 1. The average molecular weight is 348 g/mol. The molecule has 0 heterocycles. The molecule has 3 nitrogen and oxygen atoms in total. The Kier molecular flexibility index (Phi) is 8.10. The molecule has 0 aliphatic heterocycles. The first-order valence-corrected chi connectivity index (χ1v) is 8.81. The van der Waals surface area contributed by atoms with Crippen molar-refractivity contribution in [1.29, 1.82) is 0 Å². The maximum atomic E-state index is 10.1. The summed E-state index contributed by atoms with van der Waals surface area (Å²) in [5.74, 6) is 0.615. The van der Waals surface area contributed by atoms with Crippen LogP contribution in [0.25, 0.3) is 0 Å². The van der Waals surface area contributed by atoms with E-state index in [1.54, 1.807) is 6.07 Å². The van der Waals surface area contributed by atoms with Crippen LogP contribution in [0.5, 0.6) is 5.75 Å². The highest BCUT2D eigenvalue weighted by Gasteiger charge is 2.10. The van der Waals surface area contributed by atoms with Gasteiger partial charge in [-0.25, -0.2) is 0 Å². The lowest BCUT2D eigenvalue weighted by molar-refractivity contribution is 0.0760. The van der Waals surface area contributed by atoms with Crippen molar-refractivity contribution < 1.29 is 9.84 Å². The van der Waals surface area contributed by atoms with Gasteiger partial charge in [-0.15, -0.1) is 0 Å². The highest BCUT2D eigenvalue weighted by Crippen LogP contribution is 2.23. The first-order chi connectivity index (χ1) is 11.6. The fourth-order valence-corrected chi connectivity index (χ4v) is 2.80. The van der Waals surface area contributed by atoms with E-state index in [2.05, 4.69) is 29.2 Å². The lowest BCUT2D eigenvalue weighted by atomic mass is 10.1. The highest BCUT2D eigenvalue weighted by molar-refractivity contribution is 6.32. The van der Waals surface area contributed by atoms with E-state index in [1.165, 1.54) is 5.56 Å². The fraction of sp³-hybridized carbons (Fsp3) is 0.400. The third-order valence-corrected chi connectivity index (χ3v) is 4.20. The lowest BCUT2D eigenvalue weighted by Gasteiger charge is -2.21. The number of aliphatic hydroxyl groups is 1. The number of halogens is 1. The van der Waals surface area contributed by atoms with E-state index >= 15 is 0 Å². The van der Waals surface area contributed by atoms with Gasteiger partial charge < -0.3 is 14.7 Å². The predicted octanol–water partition coefficient (Wildman–Crippen LogP) is 4.03. The summed E-state index contributed by atoms with van der Waals surface area (Å²) < 4.78 is 5.57. The second-order valence-corrected chi connectivity index (χ2v) is 6.51. The molecular weight excluding hydrogens is 322 g/mol. The van der Waals surface area contributed by atoms with Crippen LogP contribution < -0.4 is 4.74 Å². The van der Waals surface area contributed by atoms with E-state index in [0.29, 0.717) is 17.3 Å². The van der Waals surface area contributed by atoms with Crippen LogP contribution in [0.15, 0.2) is 54.6 Å². The van der Waals surface area contributed by atoms with E-state index in [0.717, 1.165) is 25.8 Å². The molecule has 4 heteroatoms. The van der Waals surface area contributed by atoms with Gasteiger partial charge >= 0.3 is 0 Å². The van der Waals surface area contributed by atoms with Crippen LogP contribution in [0.2, 0.25) is 5.02 Å². The predicted molar refractivity (Wildman–Crippen MR) is 99.8 cm³/mol. The minimum atomic E-state index is -0.527. The number of aryl methyl sites for hydroxylation is 1. The largest absolute Gasteiger partial charge is 0.489 e. The zero-order valence-electron chi connectivity index (χ0n) is 14.2. The van der Waals surface area contributed by atoms with Gasteiger partial charge in [0.15, 0.2) is 0 Å². The molecule has 0 spiro atoms. The number of aliphatic hydroxyl groups excluding tert-OH is 1. The molecule has 0 radical (unpaired) electrons. The molecule has 1 unspecified atom stereocenters. The molecule has 2 rings (SSSR count). The molecule has 0 saturated carbocycles. The molecule has 24 heavy (non-hydrogen) atoms. The van der Waals surface area contributed by atoms with Crippen molar-refractivity contribution in [3.63, 3.8) is 0 Å². The molecule has 0 amide bonds. The SMILES string of the molecule is CN(CCCCc1ccccc1)CC(O)COc1ccccc1Cl. The van der Waals surface area contributed by atoms with Crippen molar-refractivity contribution in [3.8, 4) is 5.75 Å². The summed E-state index contributed by atoms with van der Waals surface area (Å²) in [5, 5.41) is 10.7. The van der Waals surface area contributed by atoms with Gasteiger partial charge in [-0.05, 0) is 50.6 Å².